The number of piperazine rings is 1. The number of hydrogen-bond acceptors (Lipinski definition) is 4. The third-order valence-electron chi connectivity index (χ3n) is 6.59. The number of hydrogen-bond donors (Lipinski definition) is 1. The quantitative estimate of drug-likeness (QED) is 0.705. The van der Waals surface area contributed by atoms with E-state index < -0.39 is 10.0 Å². The summed E-state index contributed by atoms with van der Waals surface area (Å²) in [6.45, 7) is 4.85. The highest BCUT2D eigenvalue weighted by Crippen LogP contribution is 2.30. The van der Waals surface area contributed by atoms with Gasteiger partial charge in [0, 0.05) is 39.0 Å². The van der Waals surface area contributed by atoms with Crippen molar-refractivity contribution in [2.45, 2.75) is 50.5 Å². The van der Waals surface area contributed by atoms with Crippen molar-refractivity contribution in [2.75, 3.05) is 26.2 Å². The standard InChI is InChI=1S/C25H31N3O4S/c1-18-7-8-19(2)23(17-18)33(31,32)28-15-13-27(14-16-28)25(30)12-11-24(29)26-22-10-9-20-5-3-4-6-21(20)22/h3-8,17,22H,9-16H2,1-2H3,(H,26,29)/t22-/m0/s1. The average molecular weight is 470 g/mol. The SMILES string of the molecule is Cc1ccc(C)c(S(=O)(=O)N2CCN(C(=O)CCC(=O)N[C@H]3CCc4ccccc43)CC2)c1. The molecule has 1 N–H and O–H groups in total. The van der Waals surface area contributed by atoms with Crippen molar-refractivity contribution >= 4 is 21.8 Å². The van der Waals surface area contributed by atoms with Crippen molar-refractivity contribution in [1.82, 2.24) is 14.5 Å². The van der Waals surface area contributed by atoms with Gasteiger partial charge in [-0.05, 0) is 55.0 Å². The van der Waals surface area contributed by atoms with Crippen molar-refractivity contribution < 1.29 is 18.0 Å². The van der Waals surface area contributed by atoms with Gasteiger partial charge >= 0.3 is 0 Å². The molecule has 2 amide bonds. The molecular weight excluding hydrogens is 438 g/mol. The minimum absolute atomic E-state index is 0.0163. The summed E-state index contributed by atoms with van der Waals surface area (Å²) in [5.74, 6) is -0.234. The number of aryl methyl sites for hydroxylation is 3. The molecule has 33 heavy (non-hydrogen) atoms. The molecule has 1 heterocycles. The minimum atomic E-state index is -3.60. The first-order valence-corrected chi connectivity index (χ1v) is 12.9. The highest BCUT2D eigenvalue weighted by molar-refractivity contribution is 7.89. The number of nitrogens with one attached hydrogen (secondary N) is 1. The van der Waals surface area contributed by atoms with Gasteiger partial charge in [-0.2, -0.15) is 4.31 Å². The van der Waals surface area contributed by atoms with Crippen LogP contribution in [0.3, 0.4) is 0 Å². The van der Waals surface area contributed by atoms with Crippen LogP contribution in [0.1, 0.15) is 47.6 Å². The first kappa shape index (κ1) is 23.4. The van der Waals surface area contributed by atoms with Crippen molar-refractivity contribution in [3.63, 3.8) is 0 Å². The number of rotatable bonds is 6. The van der Waals surface area contributed by atoms with Crippen molar-refractivity contribution in [2.24, 2.45) is 0 Å². The Bertz CT molecular complexity index is 1150. The molecule has 176 valence electrons. The predicted octanol–water partition coefficient (Wildman–Crippen LogP) is 2.72. The van der Waals surface area contributed by atoms with Gasteiger partial charge in [0.05, 0.1) is 10.9 Å². The Kier molecular flexibility index (Phi) is 6.86. The molecule has 0 bridgehead atoms. The Labute approximate surface area is 195 Å². The Hall–Kier alpha value is -2.71. The zero-order chi connectivity index (χ0) is 23.6. The summed E-state index contributed by atoms with van der Waals surface area (Å²) in [5, 5.41) is 3.05. The molecule has 1 atom stereocenters. The van der Waals surface area contributed by atoms with Crippen LogP contribution in [0.5, 0.6) is 0 Å². The Balaban J connectivity index is 1.27. The summed E-state index contributed by atoms with van der Waals surface area (Å²) >= 11 is 0. The number of carbonyl (C=O) groups excluding carboxylic acids is 2. The van der Waals surface area contributed by atoms with Gasteiger partial charge in [-0.25, -0.2) is 8.42 Å². The van der Waals surface area contributed by atoms with Crippen molar-refractivity contribution in [1.29, 1.82) is 0 Å². The maximum Gasteiger partial charge on any atom is 0.243 e. The molecule has 1 aliphatic carbocycles. The van der Waals surface area contributed by atoms with Crippen LogP contribution in [0.15, 0.2) is 47.4 Å². The number of amides is 2. The second-order valence-corrected chi connectivity index (χ2v) is 10.8. The largest absolute Gasteiger partial charge is 0.349 e. The summed E-state index contributed by atoms with van der Waals surface area (Å²) < 4.78 is 27.6. The summed E-state index contributed by atoms with van der Waals surface area (Å²) in [6, 6.07) is 13.5. The van der Waals surface area contributed by atoms with Crippen molar-refractivity contribution in [3.05, 3.63) is 64.7 Å². The van der Waals surface area contributed by atoms with Gasteiger partial charge in [0.25, 0.3) is 0 Å². The van der Waals surface area contributed by atoms with E-state index in [1.165, 1.54) is 15.4 Å². The highest BCUT2D eigenvalue weighted by atomic mass is 32.2. The van der Waals surface area contributed by atoms with E-state index in [2.05, 4.69) is 11.4 Å². The number of fused-ring (bicyclic) bond motifs is 1. The molecule has 0 spiro atoms. The number of sulfonamides is 1. The van der Waals surface area contributed by atoms with Gasteiger partial charge in [0.1, 0.15) is 0 Å². The summed E-state index contributed by atoms with van der Waals surface area (Å²) in [4.78, 5) is 27.1. The van der Waals surface area contributed by atoms with E-state index in [0.29, 0.717) is 18.0 Å². The highest BCUT2D eigenvalue weighted by Gasteiger charge is 2.31. The number of nitrogens with zero attached hydrogens (tertiary/aromatic N) is 2. The molecule has 0 radical (unpaired) electrons. The van der Waals surface area contributed by atoms with E-state index in [1.54, 1.807) is 17.9 Å². The summed E-state index contributed by atoms with van der Waals surface area (Å²) in [6.07, 6.45) is 2.10. The zero-order valence-corrected chi connectivity index (χ0v) is 20.0. The molecule has 2 aromatic rings. The van der Waals surface area contributed by atoms with Crippen LogP contribution < -0.4 is 5.32 Å². The van der Waals surface area contributed by atoms with Gasteiger partial charge < -0.3 is 10.2 Å². The molecule has 0 unspecified atom stereocenters. The lowest BCUT2D eigenvalue weighted by atomic mass is 10.1. The maximum absolute atomic E-state index is 13.1. The zero-order valence-electron chi connectivity index (χ0n) is 19.2. The molecular formula is C25H31N3O4S. The summed E-state index contributed by atoms with van der Waals surface area (Å²) in [7, 11) is -3.60. The third kappa shape index (κ3) is 5.12. The van der Waals surface area contributed by atoms with Gasteiger partial charge in [-0.1, -0.05) is 36.4 Å². The third-order valence-corrected chi connectivity index (χ3v) is 8.63. The molecule has 2 aromatic carbocycles. The van der Waals surface area contributed by atoms with Crippen LogP contribution in [0.25, 0.3) is 0 Å². The van der Waals surface area contributed by atoms with Gasteiger partial charge in [-0.3, -0.25) is 9.59 Å². The molecule has 2 aliphatic rings. The average Bonchev–Trinajstić information content (AvgIpc) is 3.22. The van der Waals surface area contributed by atoms with Gasteiger partial charge in [-0.15, -0.1) is 0 Å². The maximum atomic E-state index is 13.1. The molecule has 1 saturated heterocycles. The Morgan fingerprint density at radius 2 is 1.73 bits per heavy atom. The molecule has 0 saturated carbocycles. The fourth-order valence-corrected chi connectivity index (χ4v) is 6.39. The van der Waals surface area contributed by atoms with Gasteiger partial charge in [0.15, 0.2) is 0 Å². The van der Waals surface area contributed by atoms with E-state index in [-0.39, 0.29) is 43.8 Å². The van der Waals surface area contributed by atoms with Crippen LogP contribution in [0, 0.1) is 13.8 Å². The molecule has 0 aromatic heterocycles. The normalized spacial score (nSPS) is 18.7. The molecule has 4 rings (SSSR count). The Morgan fingerprint density at radius 3 is 2.48 bits per heavy atom. The second kappa shape index (κ2) is 9.65. The van der Waals surface area contributed by atoms with Crippen LogP contribution in [0.2, 0.25) is 0 Å². The second-order valence-electron chi connectivity index (χ2n) is 8.91. The lowest BCUT2D eigenvalue weighted by Gasteiger charge is -2.34. The van der Waals surface area contributed by atoms with E-state index in [0.717, 1.165) is 24.0 Å². The molecule has 8 heteroatoms. The topological polar surface area (TPSA) is 86.8 Å². The minimum Gasteiger partial charge on any atom is -0.349 e. The number of benzene rings is 2. The van der Waals surface area contributed by atoms with Crippen LogP contribution >= 0.6 is 0 Å². The van der Waals surface area contributed by atoms with Crippen LogP contribution in [-0.2, 0) is 26.0 Å². The lowest BCUT2D eigenvalue weighted by Crippen LogP contribution is -2.50. The summed E-state index contributed by atoms with van der Waals surface area (Å²) in [5.41, 5.74) is 4.05. The van der Waals surface area contributed by atoms with E-state index in [1.807, 2.05) is 37.3 Å². The van der Waals surface area contributed by atoms with Crippen LogP contribution in [-0.4, -0.2) is 55.6 Å². The fraction of sp³-hybridized carbons (Fsp3) is 0.440. The smallest absolute Gasteiger partial charge is 0.243 e. The first-order valence-electron chi connectivity index (χ1n) is 11.5. The fourth-order valence-electron chi connectivity index (χ4n) is 4.65. The molecule has 1 aliphatic heterocycles. The van der Waals surface area contributed by atoms with E-state index >= 15 is 0 Å². The number of carbonyl (C=O) groups is 2. The first-order chi connectivity index (χ1) is 15.8. The molecule has 7 nitrogen and oxygen atoms in total. The Morgan fingerprint density at radius 1 is 1.00 bits per heavy atom. The van der Waals surface area contributed by atoms with Crippen LogP contribution in [0.4, 0.5) is 0 Å². The molecule has 1 fully saturated rings. The van der Waals surface area contributed by atoms with E-state index in [9.17, 15) is 18.0 Å². The van der Waals surface area contributed by atoms with Gasteiger partial charge in [0.2, 0.25) is 21.8 Å². The van der Waals surface area contributed by atoms with E-state index in [4.69, 9.17) is 0 Å². The monoisotopic (exact) mass is 469 g/mol. The van der Waals surface area contributed by atoms with Crippen molar-refractivity contribution in [3.8, 4) is 0 Å². The lowest BCUT2D eigenvalue weighted by molar-refractivity contribution is -0.134. The predicted molar refractivity (Wildman–Crippen MR) is 126 cm³/mol.